The molecule has 31 heavy (non-hydrogen) atoms. The van der Waals surface area contributed by atoms with Crippen LogP contribution in [0.25, 0.3) is 0 Å². The van der Waals surface area contributed by atoms with Crippen molar-refractivity contribution < 1.29 is 17.9 Å². The van der Waals surface area contributed by atoms with Gasteiger partial charge in [-0.25, -0.2) is 8.42 Å². The highest BCUT2D eigenvalue weighted by atomic mass is 79.9. The molecule has 0 saturated heterocycles. The Morgan fingerprint density at radius 1 is 1.03 bits per heavy atom. The highest BCUT2D eigenvalue weighted by Crippen LogP contribution is 2.32. The number of anilines is 1. The van der Waals surface area contributed by atoms with Crippen LogP contribution in [0.2, 0.25) is 0 Å². The lowest BCUT2D eigenvalue weighted by atomic mass is 10.1. The fourth-order valence-corrected chi connectivity index (χ4v) is 5.24. The number of ether oxygens (including phenoxy) is 1. The number of carbonyl (C=O) groups is 1. The number of amides is 1. The van der Waals surface area contributed by atoms with Gasteiger partial charge in [-0.3, -0.25) is 9.10 Å². The van der Waals surface area contributed by atoms with Gasteiger partial charge in [-0.2, -0.15) is 0 Å². The first-order chi connectivity index (χ1) is 14.8. The topological polar surface area (TPSA) is 75.7 Å². The number of benzene rings is 3. The molecule has 0 fully saturated rings. The van der Waals surface area contributed by atoms with E-state index in [0.717, 1.165) is 9.87 Å². The zero-order chi connectivity index (χ0) is 22.4. The third kappa shape index (κ3) is 5.45. The average molecular weight is 503 g/mol. The third-order valence-corrected chi connectivity index (χ3v) is 6.99. The number of nitrogens with zero attached hydrogens (tertiary/aromatic N) is 1. The summed E-state index contributed by atoms with van der Waals surface area (Å²) in [4.78, 5) is 12.8. The predicted molar refractivity (Wildman–Crippen MR) is 125 cm³/mol. The lowest BCUT2D eigenvalue weighted by Gasteiger charge is -2.26. The Morgan fingerprint density at radius 2 is 1.65 bits per heavy atom. The van der Waals surface area contributed by atoms with Crippen molar-refractivity contribution in [1.29, 1.82) is 0 Å². The van der Waals surface area contributed by atoms with E-state index >= 15 is 0 Å². The monoisotopic (exact) mass is 502 g/mol. The summed E-state index contributed by atoms with van der Waals surface area (Å²) in [5, 5.41) is 2.87. The summed E-state index contributed by atoms with van der Waals surface area (Å²) in [6, 6.07) is 22.5. The van der Waals surface area contributed by atoms with E-state index < -0.39 is 15.9 Å². The maximum Gasteiger partial charge on any atom is 0.268 e. The van der Waals surface area contributed by atoms with Gasteiger partial charge >= 0.3 is 0 Å². The first kappa shape index (κ1) is 22.8. The molecule has 162 valence electrons. The molecule has 1 N–H and O–H groups in total. The number of sulfonamides is 1. The molecule has 3 rings (SSSR count). The Bertz CT molecular complexity index is 1140. The first-order valence-corrected chi connectivity index (χ1v) is 11.8. The van der Waals surface area contributed by atoms with Crippen molar-refractivity contribution in [2.75, 3.05) is 18.0 Å². The summed E-state index contributed by atoms with van der Waals surface area (Å²) in [7, 11) is -2.69. The second-order valence-corrected chi connectivity index (χ2v) is 9.59. The Balaban J connectivity index is 1.94. The lowest BCUT2D eigenvalue weighted by Crippen LogP contribution is -2.41. The molecule has 0 saturated carbocycles. The summed E-state index contributed by atoms with van der Waals surface area (Å²) in [6.07, 6.45) is 0. The number of rotatable bonds is 8. The molecule has 0 bridgehead atoms. The van der Waals surface area contributed by atoms with E-state index in [1.54, 1.807) is 42.5 Å². The predicted octanol–water partition coefficient (Wildman–Crippen LogP) is 4.53. The summed E-state index contributed by atoms with van der Waals surface area (Å²) in [5.41, 5.74) is 1.31. The van der Waals surface area contributed by atoms with Gasteiger partial charge in [0.25, 0.3) is 10.0 Å². The second-order valence-electron chi connectivity index (χ2n) is 6.84. The van der Waals surface area contributed by atoms with Crippen molar-refractivity contribution in [2.24, 2.45) is 0 Å². The van der Waals surface area contributed by atoms with Gasteiger partial charge in [0.2, 0.25) is 5.91 Å². The Kier molecular flexibility index (Phi) is 7.35. The van der Waals surface area contributed by atoms with Crippen molar-refractivity contribution in [2.45, 2.75) is 17.9 Å². The van der Waals surface area contributed by atoms with Crippen LogP contribution in [-0.4, -0.2) is 28.0 Å². The number of halogens is 1. The lowest BCUT2D eigenvalue weighted by molar-refractivity contribution is -0.120. The van der Waals surface area contributed by atoms with E-state index in [1.165, 1.54) is 13.2 Å². The van der Waals surface area contributed by atoms with Crippen LogP contribution in [-0.2, 0) is 14.8 Å². The van der Waals surface area contributed by atoms with Crippen molar-refractivity contribution in [3.05, 3.63) is 88.9 Å². The van der Waals surface area contributed by atoms with Crippen LogP contribution in [0, 0.1) is 0 Å². The van der Waals surface area contributed by atoms with E-state index in [2.05, 4.69) is 21.2 Å². The molecule has 0 radical (unpaired) electrons. The maximum atomic E-state index is 13.6. The van der Waals surface area contributed by atoms with Crippen LogP contribution in [0.4, 0.5) is 5.69 Å². The molecule has 0 unspecified atom stereocenters. The molecular formula is C23H23BrN2O4S. The fourth-order valence-electron chi connectivity index (χ4n) is 3.12. The Labute approximate surface area is 191 Å². The van der Waals surface area contributed by atoms with Crippen LogP contribution in [0.3, 0.4) is 0 Å². The van der Waals surface area contributed by atoms with Gasteiger partial charge in [-0.1, -0.05) is 64.5 Å². The molecule has 0 spiro atoms. The van der Waals surface area contributed by atoms with Crippen molar-refractivity contribution in [3.63, 3.8) is 0 Å². The molecule has 3 aromatic carbocycles. The van der Waals surface area contributed by atoms with E-state index in [1.807, 2.05) is 37.3 Å². The standard InChI is InChI=1S/C23H23BrN2O4S/c1-17(18-9-5-3-6-10-18)25-23(27)16-26(20-11-7-4-8-12-20)31(28,29)22-15-19(24)13-14-21(22)30-2/h3-15,17H,16H2,1-2H3,(H,25,27)/t17-/m0/s1. The number of para-hydroxylation sites is 1. The van der Waals surface area contributed by atoms with Gasteiger partial charge in [0.1, 0.15) is 17.2 Å². The van der Waals surface area contributed by atoms with Crippen molar-refractivity contribution in [3.8, 4) is 5.75 Å². The number of carbonyl (C=O) groups excluding carboxylic acids is 1. The normalized spacial score (nSPS) is 12.1. The first-order valence-electron chi connectivity index (χ1n) is 9.58. The van der Waals surface area contributed by atoms with Crippen LogP contribution < -0.4 is 14.4 Å². The molecule has 0 aliphatic rings. The molecular weight excluding hydrogens is 480 g/mol. The van der Waals surface area contributed by atoms with Crippen LogP contribution >= 0.6 is 15.9 Å². The van der Waals surface area contributed by atoms with Crippen LogP contribution in [0.15, 0.2) is 88.2 Å². The van der Waals surface area contributed by atoms with Crippen LogP contribution in [0.5, 0.6) is 5.75 Å². The molecule has 1 atom stereocenters. The minimum absolute atomic E-state index is 0.0304. The zero-order valence-corrected chi connectivity index (χ0v) is 19.6. The molecule has 3 aromatic rings. The Morgan fingerprint density at radius 3 is 2.26 bits per heavy atom. The maximum absolute atomic E-state index is 13.6. The van der Waals surface area contributed by atoms with E-state index in [0.29, 0.717) is 10.2 Å². The number of hydrogen-bond acceptors (Lipinski definition) is 4. The van der Waals surface area contributed by atoms with Crippen molar-refractivity contribution in [1.82, 2.24) is 5.32 Å². The third-order valence-electron chi connectivity index (χ3n) is 4.70. The van der Waals surface area contributed by atoms with Gasteiger partial charge in [-0.05, 0) is 42.8 Å². The minimum atomic E-state index is -4.10. The quantitative estimate of drug-likeness (QED) is 0.490. The average Bonchev–Trinajstić information content (AvgIpc) is 2.78. The van der Waals surface area contributed by atoms with Crippen LogP contribution in [0.1, 0.15) is 18.5 Å². The molecule has 6 nitrogen and oxygen atoms in total. The number of hydrogen-bond donors (Lipinski definition) is 1. The zero-order valence-electron chi connectivity index (χ0n) is 17.2. The molecule has 0 aromatic heterocycles. The summed E-state index contributed by atoms with van der Waals surface area (Å²) in [6.45, 7) is 1.48. The van der Waals surface area contributed by atoms with E-state index in [4.69, 9.17) is 4.74 Å². The molecule has 8 heteroatoms. The van der Waals surface area contributed by atoms with E-state index in [9.17, 15) is 13.2 Å². The number of methoxy groups -OCH3 is 1. The van der Waals surface area contributed by atoms with Gasteiger partial charge in [0, 0.05) is 4.47 Å². The summed E-state index contributed by atoms with van der Waals surface area (Å²) in [5.74, 6) is -0.222. The largest absolute Gasteiger partial charge is 0.495 e. The van der Waals surface area contributed by atoms with E-state index in [-0.39, 0.29) is 23.2 Å². The Hall–Kier alpha value is -2.84. The SMILES string of the molecule is COc1ccc(Br)cc1S(=O)(=O)N(CC(=O)N[C@@H](C)c1ccccc1)c1ccccc1. The van der Waals surface area contributed by atoms with Gasteiger partial charge in [0.05, 0.1) is 18.8 Å². The van der Waals surface area contributed by atoms with Gasteiger partial charge in [0.15, 0.2) is 0 Å². The minimum Gasteiger partial charge on any atom is -0.495 e. The summed E-state index contributed by atoms with van der Waals surface area (Å²) >= 11 is 3.32. The highest BCUT2D eigenvalue weighted by molar-refractivity contribution is 9.10. The van der Waals surface area contributed by atoms with Crippen molar-refractivity contribution >= 4 is 37.5 Å². The molecule has 0 aliphatic carbocycles. The molecule has 0 aliphatic heterocycles. The summed E-state index contributed by atoms with van der Waals surface area (Å²) < 4.78 is 34.1. The van der Waals surface area contributed by atoms with Gasteiger partial charge < -0.3 is 10.1 Å². The number of nitrogens with one attached hydrogen (secondary N) is 1. The smallest absolute Gasteiger partial charge is 0.268 e. The second kappa shape index (κ2) is 9.98. The fraction of sp³-hybridized carbons (Fsp3) is 0.174. The highest BCUT2D eigenvalue weighted by Gasteiger charge is 2.30. The van der Waals surface area contributed by atoms with Gasteiger partial charge in [-0.15, -0.1) is 0 Å². The molecule has 1 amide bonds. The molecule has 0 heterocycles.